The average molecular weight is 159 g/mol. The van der Waals surface area contributed by atoms with Gasteiger partial charge in [-0.05, 0) is 12.1 Å². The number of aromatic nitrogens is 2. The van der Waals surface area contributed by atoms with E-state index in [1.165, 1.54) is 0 Å². The van der Waals surface area contributed by atoms with Crippen molar-refractivity contribution in [2.45, 2.75) is 0 Å². The molecule has 2 heterocycles. The van der Waals surface area contributed by atoms with Crippen LogP contribution in [0.2, 0.25) is 0 Å². The smallest absolute Gasteiger partial charge is 0.137 e. The highest BCUT2D eigenvalue weighted by Gasteiger charge is 1.98. The van der Waals surface area contributed by atoms with Gasteiger partial charge in [-0.15, -0.1) is 0 Å². The maximum absolute atomic E-state index is 4.17. The molecule has 0 aliphatic heterocycles. The summed E-state index contributed by atoms with van der Waals surface area (Å²) in [5, 5.41) is 1.11. The van der Waals surface area contributed by atoms with Crippen molar-refractivity contribution < 1.29 is 0 Å². The third kappa shape index (κ3) is 0.993. The van der Waals surface area contributed by atoms with Crippen molar-refractivity contribution in [3.63, 3.8) is 0 Å². The third-order valence-electron chi connectivity index (χ3n) is 1.76. The van der Waals surface area contributed by atoms with Crippen LogP contribution in [0, 0.1) is 0 Å². The fourth-order valence-corrected chi connectivity index (χ4v) is 1.23. The molecule has 0 aliphatic rings. The summed E-state index contributed by atoms with van der Waals surface area (Å²) in [4.78, 5) is 11.2. The Balaban J connectivity index is 2.73. The number of aromatic amines is 1. The van der Waals surface area contributed by atoms with E-state index in [4.69, 9.17) is 0 Å². The zero-order valence-electron chi connectivity index (χ0n) is 6.78. The molecule has 0 spiro atoms. The molecule has 0 aliphatic carbocycles. The Hall–Kier alpha value is -1.64. The van der Waals surface area contributed by atoms with Gasteiger partial charge in [0.1, 0.15) is 5.65 Å². The molecule has 2 aromatic heterocycles. The number of hydrogen-bond acceptors (Lipinski definition) is 2. The van der Waals surface area contributed by atoms with Gasteiger partial charge in [0.25, 0.3) is 0 Å². The summed E-state index contributed by atoms with van der Waals surface area (Å²) >= 11 is 0. The van der Waals surface area contributed by atoms with Crippen LogP contribution >= 0.6 is 0 Å². The van der Waals surface area contributed by atoms with E-state index in [0.29, 0.717) is 0 Å². The Kier molecular flexibility index (Phi) is 1.63. The molecular weight excluding hydrogens is 150 g/mol. The minimum Gasteiger partial charge on any atom is -0.346 e. The van der Waals surface area contributed by atoms with Gasteiger partial charge in [0.2, 0.25) is 0 Å². The molecule has 0 aromatic carbocycles. The van der Waals surface area contributed by atoms with Gasteiger partial charge in [-0.2, -0.15) is 0 Å². The molecule has 3 nitrogen and oxygen atoms in total. The quantitative estimate of drug-likeness (QED) is 0.631. The molecule has 12 heavy (non-hydrogen) atoms. The fourth-order valence-electron chi connectivity index (χ4n) is 1.23. The average Bonchev–Trinajstić information content (AvgIpc) is 2.53. The van der Waals surface area contributed by atoms with Gasteiger partial charge in [0.05, 0.1) is 0 Å². The second-order valence-corrected chi connectivity index (χ2v) is 2.53. The summed E-state index contributed by atoms with van der Waals surface area (Å²) in [5.41, 5.74) is 2.01. The normalized spacial score (nSPS) is 11.4. The second kappa shape index (κ2) is 2.77. The van der Waals surface area contributed by atoms with E-state index >= 15 is 0 Å². The number of aliphatic imine (C=N–C) groups is 1. The minimum absolute atomic E-state index is 0.910. The van der Waals surface area contributed by atoms with Crippen molar-refractivity contribution in [3.8, 4) is 0 Å². The zero-order chi connectivity index (χ0) is 8.39. The number of nitrogens with zero attached hydrogens (tertiary/aromatic N) is 2. The summed E-state index contributed by atoms with van der Waals surface area (Å²) in [5.74, 6) is 0. The van der Waals surface area contributed by atoms with Gasteiger partial charge >= 0.3 is 0 Å². The largest absolute Gasteiger partial charge is 0.346 e. The lowest BCUT2D eigenvalue weighted by Gasteiger charge is -1.93. The van der Waals surface area contributed by atoms with E-state index in [1.807, 2.05) is 24.5 Å². The van der Waals surface area contributed by atoms with E-state index in [1.54, 1.807) is 13.2 Å². The standard InChI is InChI=1S/C9H9N3/c1-10-6-7-2-4-11-9-8(7)3-5-12-9/h2-6H,1H3,(H,11,12). The molecule has 0 saturated carbocycles. The van der Waals surface area contributed by atoms with E-state index in [9.17, 15) is 0 Å². The van der Waals surface area contributed by atoms with Gasteiger partial charge < -0.3 is 4.98 Å². The van der Waals surface area contributed by atoms with Crippen molar-refractivity contribution >= 4 is 17.2 Å². The molecule has 0 amide bonds. The highest BCUT2D eigenvalue weighted by Crippen LogP contribution is 2.12. The first-order chi connectivity index (χ1) is 5.92. The van der Waals surface area contributed by atoms with E-state index in [0.717, 1.165) is 16.6 Å². The van der Waals surface area contributed by atoms with Crippen LogP contribution in [-0.2, 0) is 0 Å². The van der Waals surface area contributed by atoms with Crippen molar-refractivity contribution in [1.82, 2.24) is 9.97 Å². The van der Waals surface area contributed by atoms with Crippen LogP contribution in [0.25, 0.3) is 11.0 Å². The van der Waals surface area contributed by atoms with Crippen LogP contribution in [0.4, 0.5) is 0 Å². The number of hydrogen-bond donors (Lipinski definition) is 1. The van der Waals surface area contributed by atoms with Gasteiger partial charge in [0.15, 0.2) is 0 Å². The first-order valence-electron chi connectivity index (χ1n) is 3.76. The van der Waals surface area contributed by atoms with Crippen LogP contribution < -0.4 is 0 Å². The van der Waals surface area contributed by atoms with E-state index < -0.39 is 0 Å². The predicted molar refractivity (Wildman–Crippen MR) is 49.6 cm³/mol. The fraction of sp³-hybridized carbons (Fsp3) is 0.111. The van der Waals surface area contributed by atoms with Crippen LogP contribution in [0.3, 0.4) is 0 Å². The molecule has 0 unspecified atom stereocenters. The monoisotopic (exact) mass is 159 g/mol. The lowest BCUT2D eigenvalue weighted by atomic mass is 10.2. The Morgan fingerprint density at radius 1 is 1.50 bits per heavy atom. The number of H-pyrrole nitrogens is 1. The highest BCUT2D eigenvalue weighted by atomic mass is 14.8. The summed E-state index contributed by atoms with van der Waals surface area (Å²) in [6.45, 7) is 0. The molecule has 0 radical (unpaired) electrons. The first-order valence-corrected chi connectivity index (χ1v) is 3.76. The van der Waals surface area contributed by atoms with E-state index in [2.05, 4.69) is 15.0 Å². The Morgan fingerprint density at radius 3 is 3.25 bits per heavy atom. The van der Waals surface area contributed by atoms with Gasteiger partial charge in [-0.25, -0.2) is 4.98 Å². The molecule has 0 fully saturated rings. The van der Waals surface area contributed by atoms with Crippen LogP contribution in [-0.4, -0.2) is 23.2 Å². The second-order valence-electron chi connectivity index (χ2n) is 2.53. The molecular formula is C9H9N3. The molecule has 60 valence electrons. The third-order valence-corrected chi connectivity index (χ3v) is 1.76. The maximum atomic E-state index is 4.17. The van der Waals surface area contributed by atoms with Crippen LogP contribution in [0.1, 0.15) is 5.56 Å². The molecule has 3 heteroatoms. The lowest BCUT2D eigenvalue weighted by Crippen LogP contribution is -1.83. The van der Waals surface area contributed by atoms with Crippen LogP contribution in [0.5, 0.6) is 0 Å². The van der Waals surface area contributed by atoms with Crippen molar-refractivity contribution in [3.05, 3.63) is 30.1 Å². The van der Waals surface area contributed by atoms with Gasteiger partial charge in [-0.3, -0.25) is 4.99 Å². The minimum atomic E-state index is 0.910. The van der Waals surface area contributed by atoms with Crippen molar-refractivity contribution in [2.75, 3.05) is 7.05 Å². The van der Waals surface area contributed by atoms with Crippen molar-refractivity contribution in [2.24, 2.45) is 4.99 Å². The molecule has 0 bridgehead atoms. The molecule has 0 saturated heterocycles. The molecule has 1 N–H and O–H groups in total. The number of fused-ring (bicyclic) bond motifs is 1. The van der Waals surface area contributed by atoms with Crippen LogP contribution in [0.15, 0.2) is 29.5 Å². The Labute approximate surface area is 70.2 Å². The number of rotatable bonds is 1. The molecule has 2 rings (SSSR count). The Bertz CT molecular complexity index is 414. The topological polar surface area (TPSA) is 41.0 Å². The predicted octanol–water partition coefficient (Wildman–Crippen LogP) is 1.61. The molecule has 2 aromatic rings. The summed E-state index contributed by atoms with van der Waals surface area (Å²) in [7, 11) is 1.76. The first kappa shape index (κ1) is 7.03. The number of pyridine rings is 1. The SMILES string of the molecule is CN=Cc1ccnc2[nH]ccc12. The number of nitrogens with one attached hydrogen (secondary N) is 1. The van der Waals surface area contributed by atoms with Gasteiger partial charge in [-0.1, -0.05) is 0 Å². The maximum Gasteiger partial charge on any atom is 0.137 e. The van der Waals surface area contributed by atoms with Gasteiger partial charge in [0, 0.05) is 36.6 Å². The molecule has 0 atom stereocenters. The summed E-state index contributed by atoms with van der Waals surface area (Å²) in [6.07, 6.45) is 5.48. The lowest BCUT2D eigenvalue weighted by molar-refractivity contribution is 1.32. The Morgan fingerprint density at radius 2 is 2.42 bits per heavy atom. The van der Waals surface area contributed by atoms with E-state index in [-0.39, 0.29) is 0 Å². The summed E-state index contributed by atoms with van der Waals surface area (Å²) < 4.78 is 0. The van der Waals surface area contributed by atoms with Crippen molar-refractivity contribution in [1.29, 1.82) is 0 Å². The summed E-state index contributed by atoms with van der Waals surface area (Å²) in [6, 6.07) is 3.95. The zero-order valence-corrected chi connectivity index (χ0v) is 6.78. The highest BCUT2D eigenvalue weighted by molar-refractivity contribution is 5.96.